The van der Waals surface area contributed by atoms with E-state index in [-0.39, 0.29) is 42.0 Å². The Hall–Kier alpha value is -4.13. The van der Waals surface area contributed by atoms with Gasteiger partial charge < -0.3 is 20.3 Å². The van der Waals surface area contributed by atoms with E-state index in [2.05, 4.69) is 20.9 Å². The molecule has 1 unspecified atom stereocenters. The second kappa shape index (κ2) is 9.31. The standard InChI is InChI=1S/C25H23F2N5O5S/c1-25(2,23-28-15-8-13(26)17(37-3)9-18(15)38-23)31-24(36)29-14-5-4-11-12(20(14)27)10-32(22(11)35)16-6-7-19(33)30-21(16)34/h4-5,8-9,16H,6-7,10H2,1-3H3,(H2,29,31,36)(H,30,33,34). The van der Waals surface area contributed by atoms with Crippen molar-refractivity contribution in [3.05, 3.63) is 52.0 Å². The highest BCUT2D eigenvalue weighted by Gasteiger charge is 2.40. The van der Waals surface area contributed by atoms with Gasteiger partial charge >= 0.3 is 6.03 Å². The molecule has 2 aliphatic heterocycles. The minimum atomic E-state index is -0.997. The van der Waals surface area contributed by atoms with Crippen LogP contribution in [0.3, 0.4) is 0 Å². The summed E-state index contributed by atoms with van der Waals surface area (Å²) in [7, 11) is 1.36. The minimum absolute atomic E-state index is 0.0545. The van der Waals surface area contributed by atoms with Gasteiger partial charge in [-0.05, 0) is 32.4 Å². The molecule has 0 saturated carbocycles. The SMILES string of the molecule is COc1cc2sc(C(C)(C)NC(=O)Nc3ccc4c(c3F)CN(C3CCC(=O)NC3=O)C4=O)nc2cc1F. The van der Waals surface area contributed by atoms with Gasteiger partial charge in [-0.25, -0.2) is 18.6 Å². The summed E-state index contributed by atoms with van der Waals surface area (Å²) < 4.78 is 35.1. The highest BCUT2D eigenvalue weighted by Crippen LogP contribution is 2.35. The number of carbonyl (C=O) groups is 4. The number of carbonyl (C=O) groups excluding carboxylic acids is 4. The summed E-state index contributed by atoms with van der Waals surface area (Å²) in [5.74, 6) is -2.80. The number of anilines is 1. The first-order chi connectivity index (χ1) is 18.0. The van der Waals surface area contributed by atoms with E-state index >= 15 is 4.39 Å². The van der Waals surface area contributed by atoms with Gasteiger partial charge in [0.25, 0.3) is 5.91 Å². The summed E-state index contributed by atoms with van der Waals surface area (Å²) in [6, 6.07) is 3.85. The van der Waals surface area contributed by atoms with Crippen LogP contribution in [-0.2, 0) is 21.7 Å². The van der Waals surface area contributed by atoms with E-state index in [1.807, 2.05) is 0 Å². The largest absolute Gasteiger partial charge is 0.494 e. The lowest BCUT2D eigenvalue weighted by atomic mass is 10.0. The van der Waals surface area contributed by atoms with Gasteiger partial charge in [0.2, 0.25) is 11.8 Å². The first kappa shape index (κ1) is 25.5. The number of urea groups is 1. The van der Waals surface area contributed by atoms with Gasteiger partial charge in [-0.3, -0.25) is 19.7 Å². The Morgan fingerprint density at radius 1 is 1.24 bits per heavy atom. The molecular weight excluding hydrogens is 520 g/mol. The number of imide groups is 1. The third-order valence-electron chi connectivity index (χ3n) is 6.52. The Balaban J connectivity index is 1.31. The summed E-state index contributed by atoms with van der Waals surface area (Å²) in [5.41, 5.74) is -0.586. The second-order valence-corrected chi connectivity index (χ2v) is 10.6. The molecule has 1 aromatic heterocycles. The van der Waals surface area contributed by atoms with Crippen LogP contribution in [0.15, 0.2) is 24.3 Å². The number of hydrogen-bond acceptors (Lipinski definition) is 7. The predicted octanol–water partition coefficient (Wildman–Crippen LogP) is 3.40. The fraction of sp³-hybridized carbons (Fsp3) is 0.320. The number of thiazole rings is 1. The molecule has 3 aromatic rings. The first-order valence-corrected chi connectivity index (χ1v) is 12.5. The highest BCUT2D eigenvalue weighted by molar-refractivity contribution is 7.18. The molecule has 13 heteroatoms. The van der Waals surface area contributed by atoms with Crippen LogP contribution in [0.5, 0.6) is 5.75 Å². The zero-order valence-electron chi connectivity index (χ0n) is 20.6. The van der Waals surface area contributed by atoms with Crippen molar-refractivity contribution in [3.8, 4) is 5.75 Å². The van der Waals surface area contributed by atoms with Crippen LogP contribution in [0, 0.1) is 11.6 Å². The molecule has 2 aromatic carbocycles. The number of fused-ring (bicyclic) bond motifs is 2. The van der Waals surface area contributed by atoms with Crippen LogP contribution in [0.2, 0.25) is 0 Å². The van der Waals surface area contributed by atoms with Crippen molar-refractivity contribution in [1.82, 2.24) is 20.5 Å². The van der Waals surface area contributed by atoms with E-state index < -0.39 is 47.0 Å². The first-order valence-electron chi connectivity index (χ1n) is 11.7. The van der Waals surface area contributed by atoms with Gasteiger partial charge in [0.1, 0.15) is 11.0 Å². The van der Waals surface area contributed by atoms with Crippen LogP contribution in [-0.4, -0.2) is 46.8 Å². The number of benzene rings is 2. The normalized spacial score (nSPS) is 17.4. The second-order valence-electron chi connectivity index (χ2n) is 9.53. The number of hydrogen-bond donors (Lipinski definition) is 3. The number of piperidine rings is 1. The Morgan fingerprint density at radius 3 is 2.71 bits per heavy atom. The van der Waals surface area contributed by atoms with Gasteiger partial charge in [0, 0.05) is 29.7 Å². The molecule has 5 amide bonds. The number of nitrogens with zero attached hydrogens (tertiary/aromatic N) is 2. The summed E-state index contributed by atoms with van der Waals surface area (Å²) in [6.07, 6.45) is 0.235. The van der Waals surface area contributed by atoms with Crippen LogP contribution in [0.4, 0.5) is 19.3 Å². The van der Waals surface area contributed by atoms with Crippen molar-refractivity contribution >= 4 is 51.0 Å². The van der Waals surface area contributed by atoms with Crippen LogP contribution in [0.25, 0.3) is 10.2 Å². The van der Waals surface area contributed by atoms with E-state index in [0.717, 1.165) is 0 Å². The zero-order valence-corrected chi connectivity index (χ0v) is 21.4. The monoisotopic (exact) mass is 543 g/mol. The van der Waals surface area contributed by atoms with E-state index in [0.29, 0.717) is 15.2 Å². The third-order valence-corrected chi connectivity index (χ3v) is 7.86. The number of ether oxygens (including phenoxy) is 1. The summed E-state index contributed by atoms with van der Waals surface area (Å²) >= 11 is 1.25. The van der Waals surface area contributed by atoms with Crippen molar-refractivity contribution < 1.29 is 32.7 Å². The average Bonchev–Trinajstić information content (AvgIpc) is 3.42. The van der Waals surface area contributed by atoms with E-state index in [1.54, 1.807) is 13.8 Å². The van der Waals surface area contributed by atoms with Gasteiger partial charge in [-0.2, -0.15) is 0 Å². The molecule has 3 N–H and O–H groups in total. The van der Waals surface area contributed by atoms with Crippen LogP contribution < -0.4 is 20.7 Å². The van der Waals surface area contributed by atoms with Crippen molar-refractivity contribution in [1.29, 1.82) is 0 Å². The molecule has 1 saturated heterocycles. The van der Waals surface area contributed by atoms with Crippen molar-refractivity contribution in [2.75, 3.05) is 12.4 Å². The van der Waals surface area contributed by atoms with Gasteiger partial charge in [-0.1, -0.05) is 0 Å². The fourth-order valence-corrected chi connectivity index (χ4v) is 5.58. The predicted molar refractivity (Wildman–Crippen MR) is 134 cm³/mol. The molecule has 0 bridgehead atoms. The van der Waals surface area contributed by atoms with Crippen molar-refractivity contribution in [2.24, 2.45) is 0 Å². The van der Waals surface area contributed by atoms with Gasteiger partial charge in [0.05, 0.1) is 35.1 Å². The summed E-state index contributed by atoms with van der Waals surface area (Å²) in [5, 5.41) is 7.91. The van der Waals surface area contributed by atoms with Crippen molar-refractivity contribution in [2.45, 2.75) is 44.8 Å². The maximum absolute atomic E-state index is 15.4. The maximum Gasteiger partial charge on any atom is 0.320 e. The lowest BCUT2D eigenvalue weighted by Crippen LogP contribution is -2.52. The molecule has 3 heterocycles. The molecule has 10 nitrogen and oxygen atoms in total. The van der Waals surface area contributed by atoms with E-state index in [1.165, 1.54) is 47.6 Å². The highest BCUT2D eigenvalue weighted by atomic mass is 32.1. The summed E-state index contributed by atoms with van der Waals surface area (Å²) in [4.78, 5) is 55.0. The van der Waals surface area contributed by atoms with Gasteiger partial charge in [0.15, 0.2) is 17.4 Å². The molecule has 38 heavy (non-hydrogen) atoms. The number of rotatable bonds is 5. The van der Waals surface area contributed by atoms with Crippen molar-refractivity contribution in [3.63, 3.8) is 0 Å². The smallest absolute Gasteiger partial charge is 0.320 e. The van der Waals surface area contributed by atoms with E-state index in [9.17, 15) is 23.6 Å². The fourth-order valence-electron chi connectivity index (χ4n) is 4.55. The molecule has 198 valence electrons. The lowest BCUT2D eigenvalue weighted by Gasteiger charge is -2.29. The molecule has 1 fully saturated rings. The number of amides is 5. The number of methoxy groups -OCH3 is 1. The number of halogens is 2. The average molecular weight is 544 g/mol. The Kier molecular flexibility index (Phi) is 6.25. The van der Waals surface area contributed by atoms with Gasteiger partial charge in [-0.15, -0.1) is 11.3 Å². The number of nitrogens with one attached hydrogen (secondary N) is 3. The molecule has 0 radical (unpaired) electrons. The molecule has 5 rings (SSSR count). The van der Waals surface area contributed by atoms with Crippen LogP contribution >= 0.6 is 11.3 Å². The van der Waals surface area contributed by atoms with Crippen LogP contribution in [0.1, 0.15) is 47.6 Å². The topological polar surface area (TPSA) is 130 Å². The zero-order chi connectivity index (χ0) is 27.4. The molecular formula is C25H23F2N5O5S. The Bertz CT molecular complexity index is 1520. The Morgan fingerprint density at radius 2 is 2.00 bits per heavy atom. The molecule has 1 atom stereocenters. The molecule has 2 aliphatic rings. The molecule has 0 aliphatic carbocycles. The van der Waals surface area contributed by atoms with E-state index in [4.69, 9.17) is 4.74 Å². The third kappa shape index (κ3) is 4.42. The lowest BCUT2D eigenvalue weighted by molar-refractivity contribution is -0.136. The Labute approximate surface area is 219 Å². The quantitative estimate of drug-likeness (QED) is 0.423. The summed E-state index contributed by atoms with van der Waals surface area (Å²) in [6.45, 7) is 3.24. The molecule has 0 spiro atoms. The minimum Gasteiger partial charge on any atom is -0.494 e. The number of aromatic nitrogens is 1. The maximum atomic E-state index is 15.4.